The van der Waals surface area contributed by atoms with Crippen molar-refractivity contribution in [3.8, 4) is 0 Å². The van der Waals surface area contributed by atoms with Gasteiger partial charge < -0.3 is 10.4 Å². The number of hydrogen-bond acceptors (Lipinski definition) is 4. The Labute approximate surface area is 150 Å². The van der Waals surface area contributed by atoms with E-state index in [1.165, 1.54) is 22.6 Å². The van der Waals surface area contributed by atoms with Gasteiger partial charge in [0.1, 0.15) is 0 Å². The Balaban J connectivity index is 1.59. The molecule has 0 saturated carbocycles. The van der Waals surface area contributed by atoms with Gasteiger partial charge in [0, 0.05) is 16.5 Å². The first kappa shape index (κ1) is 15.8. The second-order valence-corrected chi connectivity index (χ2v) is 7.27. The predicted molar refractivity (Wildman–Crippen MR) is 100 cm³/mol. The molecule has 0 radical (unpaired) electrons. The fourth-order valence-electron chi connectivity index (χ4n) is 3.30. The van der Waals surface area contributed by atoms with E-state index in [-0.39, 0.29) is 5.56 Å². The van der Waals surface area contributed by atoms with Crippen molar-refractivity contribution < 1.29 is 9.90 Å². The third kappa shape index (κ3) is 3.28. The van der Waals surface area contributed by atoms with Crippen LogP contribution in [0.4, 0.5) is 10.8 Å². The summed E-state index contributed by atoms with van der Waals surface area (Å²) in [6, 6.07) is 17.3. The number of carbonyl (C=O) groups is 1. The summed E-state index contributed by atoms with van der Waals surface area (Å²) in [7, 11) is 0. The van der Waals surface area contributed by atoms with E-state index in [1.54, 1.807) is 35.6 Å². The lowest BCUT2D eigenvalue weighted by molar-refractivity contribution is 0.0697. The van der Waals surface area contributed by atoms with Crippen molar-refractivity contribution in [3.63, 3.8) is 0 Å². The number of nitrogens with one attached hydrogen (secondary N) is 1. The third-order valence-electron chi connectivity index (χ3n) is 4.54. The molecule has 0 amide bonds. The molecule has 0 saturated heterocycles. The third-order valence-corrected chi connectivity index (χ3v) is 5.59. The second-order valence-electron chi connectivity index (χ2n) is 6.19. The van der Waals surface area contributed by atoms with Crippen LogP contribution < -0.4 is 5.32 Å². The molecule has 1 heterocycles. The Hall–Kier alpha value is -2.66. The number of aromatic carboxylic acids is 1. The number of carboxylic acid groups (broad SMARTS) is 1. The summed E-state index contributed by atoms with van der Waals surface area (Å²) < 4.78 is 0. The van der Waals surface area contributed by atoms with Gasteiger partial charge in [0.2, 0.25) is 0 Å². The number of fused-ring (bicyclic) bond motifs is 1. The van der Waals surface area contributed by atoms with Crippen LogP contribution in [0.25, 0.3) is 0 Å². The molecule has 3 aromatic rings. The maximum absolute atomic E-state index is 10.9. The summed E-state index contributed by atoms with van der Waals surface area (Å²) in [6.07, 6.45) is 3.39. The lowest BCUT2D eigenvalue weighted by atomic mass is 9.85. The SMILES string of the molecule is O=C(O)c1ccc(Nc2nc3c(s2)CCCC3c2ccccc2)cc1. The number of hydrogen-bond donors (Lipinski definition) is 2. The normalized spacial score (nSPS) is 16.2. The predicted octanol–water partition coefficient (Wildman–Crippen LogP) is 5.05. The summed E-state index contributed by atoms with van der Waals surface area (Å²) in [6.45, 7) is 0. The van der Waals surface area contributed by atoms with E-state index in [1.807, 2.05) is 6.07 Å². The fourth-order valence-corrected chi connectivity index (χ4v) is 4.39. The Kier molecular flexibility index (Phi) is 4.24. The molecule has 2 aromatic carbocycles. The van der Waals surface area contributed by atoms with Gasteiger partial charge in [0.15, 0.2) is 5.13 Å². The van der Waals surface area contributed by atoms with Gasteiger partial charge in [-0.1, -0.05) is 30.3 Å². The monoisotopic (exact) mass is 350 g/mol. The molecule has 1 unspecified atom stereocenters. The quantitative estimate of drug-likeness (QED) is 0.691. The van der Waals surface area contributed by atoms with Gasteiger partial charge in [-0.3, -0.25) is 0 Å². The van der Waals surface area contributed by atoms with Crippen LogP contribution in [0.1, 0.15) is 45.3 Å². The Morgan fingerprint density at radius 1 is 1.12 bits per heavy atom. The van der Waals surface area contributed by atoms with Crippen LogP contribution in [0, 0.1) is 0 Å². The van der Waals surface area contributed by atoms with Gasteiger partial charge in [0.05, 0.1) is 11.3 Å². The summed E-state index contributed by atoms with van der Waals surface area (Å²) >= 11 is 1.70. The van der Waals surface area contributed by atoms with Crippen LogP contribution in [-0.4, -0.2) is 16.1 Å². The van der Waals surface area contributed by atoms with Crippen molar-refractivity contribution >= 4 is 28.1 Å². The summed E-state index contributed by atoms with van der Waals surface area (Å²) in [5, 5.41) is 13.2. The molecule has 1 aromatic heterocycles. The van der Waals surface area contributed by atoms with Crippen molar-refractivity contribution in [2.45, 2.75) is 25.2 Å². The van der Waals surface area contributed by atoms with Crippen LogP contribution in [0.5, 0.6) is 0 Å². The summed E-state index contributed by atoms with van der Waals surface area (Å²) in [4.78, 5) is 17.1. The second kappa shape index (κ2) is 6.69. The van der Waals surface area contributed by atoms with Crippen LogP contribution in [0.15, 0.2) is 54.6 Å². The molecule has 5 heteroatoms. The van der Waals surface area contributed by atoms with Crippen LogP contribution in [-0.2, 0) is 6.42 Å². The van der Waals surface area contributed by atoms with Gasteiger partial charge >= 0.3 is 5.97 Å². The molecule has 1 atom stereocenters. The number of benzene rings is 2. The van der Waals surface area contributed by atoms with Crippen LogP contribution in [0.2, 0.25) is 0 Å². The number of aromatic nitrogens is 1. The van der Waals surface area contributed by atoms with Crippen molar-refractivity contribution in [2.24, 2.45) is 0 Å². The average Bonchev–Trinajstić information content (AvgIpc) is 3.05. The molecule has 25 heavy (non-hydrogen) atoms. The molecule has 1 aliphatic rings. The Morgan fingerprint density at radius 2 is 1.88 bits per heavy atom. The van der Waals surface area contributed by atoms with E-state index < -0.39 is 5.97 Å². The van der Waals surface area contributed by atoms with Crippen LogP contribution >= 0.6 is 11.3 Å². The maximum atomic E-state index is 10.9. The van der Waals surface area contributed by atoms with Crippen molar-refractivity contribution in [1.82, 2.24) is 4.98 Å². The van der Waals surface area contributed by atoms with Crippen LogP contribution in [0.3, 0.4) is 0 Å². The number of nitrogens with zero attached hydrogens (tertiary/aromatic N) is 1. The Bertz CT molecular complexity index is 888. The van der Waals surface area contributed by atoms with Gasteiger partial charge in [-0.25, -0.2) is 9.78 Å². The molecular weight excluding hydrogens is 332 g/mol. The fraction of sp³-hybridized carbons (Fsp3) is 0.200. The van der Waals surface area contributed by atoms with Crippen molar-refractivity contribution in [2.75, 3.05) is 5.32 Å². The molecule has 4 rings (SSSR count). The number of rotatable bonds is 4. The molecule has 1 aliphatic carbocycles. The molecule has 0 spiro atoms. The van der Waals surface area contributed by atoms with Gasteiger partial charge in [0.25, 0.3) is 0 Å². The van der Waals surface area contributed by atoms with E-state index in [0.717, 1.165) is 23.7 Å². The lowest BCUT2D eigenvalue weighted by Gasteiger charge is -2.21. The molecular formula is C20H18N2O2S. The minimum atomic E-state index is -0.915. The van der Waals surface area contributed by atoms with Gasteiger partial charge in [-0.2, -0.15) is 0 Å². The lowest BCUT2D eigenvalue weighted by Crippen LogP contribution is -2.09. The molecule has 2 N–H and O–H groups in total. The van der Waals surface area contributed by atoms with Gasteiger partial charge in [-0.05, 0) is 49.1 Å². The van der Waals surface area contributed by atoms with E-state index in [0.29, 0.717) is 5.92 Å². The standard InChI is InChI=1S/C20H18N2O2S/c23-19(24)14-9-11-15(12-10-14)21-20-22-18-16(7-4-8-17(18)25-20)13-5-2-1-3-6-13/h1-3,5-6,9-12,16H,4,7-8H2,(H,21,22)(H,23,24). The minimum Gasteiger partial charge on any atom is -0.478 e. The number of thiazole rings is 1. The highest BCUT2D eigenvalue weighted by atomic mass is 32.1. The highest BCUT2D eigenvalue weighted by Crippen LogP contribution is 2.40. The van der Waals surface area contributed by atoms with Gasteiger partial charge in [-0.15, -0.1) is 11.3 Å². The summed E-state index contributed by atoms with van der Waals surface area (Å²) in [5.41, 5.74) is 3.65. The largest absolute Gasteiger partial charge is 0.478 e. The number of carboxylic acids is 1. The molecule has 126 valence electrons. The summed E-state index contributed by atoms with van der Waals surface area (Å²) in [5.74, 6) is -0.548. The molecule has 0 fully saturated rings. The number of aryl methyl sites for hydroxylation is 1. The Morgan fingerprint density at radius 3 is 2.60 bits per heavy atom. The van der Waals surface area contributed by atoms with E-state index >= 15 is 0 Å². The van der Waals surface area contributed by atoms with E-state index in [2.05, 4.69) is 29.6 Å². The number of anilines is 2. The van der Waals surface area contributed by atoms with E-state index in [9.17, 15) is 4.79 Å². The first-order chi connectivity index (χ1) is 12.2. The minimum absolute atomic E-state index is 0.285. The topological polar surface area (TPSA) is 62.2 Å². The zero-order chi connectivity index (χ0) is 17.2. The van der Waals surface area contributed by atoms with Crippen molar-refractivity contribution in [3.05, 3.63) is 76.3 Å². The smallest absolute Gasteiger partial charge is 0.335 e. The molecule has 0 aliphatic heterocycles. The molecule has 0 bridgehead atoms. The highest BCUT2D eigenvalue weighted by Gasteiger charge is 2.26. The van der Waals surface area contributed by atoms with Crippen molar-refractivity contribution in [1.29, 1.82) is 0 Å². The zero-order valence-corrected chi connectivity index (χ0v) is 14.4. The first-order valence-electron chi connectivity index (χ1n) is 8.35. The first-order valence-corrected chi connectivity index (χ1v) is 9.17. The maximum Gasteiger partial charge on any atom is 0.335 e. The average molecular weight is 350 g/mol. The highest BCUT2D eigenvalue weighted by molar-refractivity contribution is 7.15. The van der Waals surface area contributed by atoms with E-state index in [4.69, 9.17) is 10.1 Å². The molecule has 4 nitrogen and oxygen atoms in total. The zero-order valence-electron chi connectivity index (χ0n) is 13.6.